The van der Waals surface area contributed by atoms with Crippen molar-refractivity contribution >= 4 is 22.9 Å². The number of nitrogens with zero attached hydrogens (tertiary/aromatic N) is 1. The van der Waals surface area contributed by atoms with Crippen LogP contribution >= 0.6 is 11.3 Å². The van der Waals surface area contributed by atoms with E-state index in [2.05, 4.69) is 48.5 Å². The van der Waals surface area contributed by atoms with Gasteiger partial charge in [-0.15, -0.1) is 11.3 Å². The van der Waals surface area contributed by atoms with Gasteiger partial charge in [0.25, 0.3) is 0 Å². The maximum atomic E-state index is 12.6. The number of anilines is 1. The quantitative estimate of drug-likeness (QED) is 0.845. The molecule has 1 amide bonds. The number of rotatable bonds is 5. The Kier molecular flexibility index (Phi) is 5.36. The maximum absolute atomic E-state index is 12.6. The number of carbonyl (C=O) groups is 1. The second-order valence-corrected chi connectivity index (χ2v) is 7.64. The van der Waals surface area contributed by atoms with E-state index in [1.54, 1.807) is 0 Å². The van der Waals surface area contributed by atoms with E-state index < -0.39 is 0 Å². The summed E-state index contributed by atoms with van der Waals surface area (Å²) in [5.74, 6) is 0.528. The molecule has 24 heavy (non-hydrogen) atoms. The van der Waals surface area contributed by atoms with Crippen LogP contribution in [0.25, 0.3) is 0 Å². The SMILES string of the molecule is CCC(C)c1ccccc1NC(=O)CN1CCc2sccc2C1C. The second kappa shape index (κ2) is 7.49. The predicted octanol–water partition coefficient (Wildman–Crippen LogP) is 4.82. The summed E-state index contributed by atoms with van der Waals surface area (Å²) >= 11 is 1.83. The highest BCUT2D eigenvalue weighted by Crippen LogP contribution is 2.32. The normalized spacial score (nSPS) is 18.9. The van der Waals surface area contributed by atoms with Gasteiger partial charge in [0.2, 0.25) is 5.91 Å². The molecule has 0 spiro atoms. The van der Waals surface area contributed by atoms with Gasteiger partial charge in [-0.05, 0) is 54.3 Å². The van der Waals surface area contributed by atoms with Crippen molar-refractivity contribution in [2.45, 2.75) is 45.6 Å². The van der Waals surface area contributed by atoms with Gasteiger partial charge in [0.1, 0.15) is 0 Å². The number of fused-ring (bicyclic) bond motifs is 1. The van der Waals surface area contributed by atoms with E-state index in [0.717, 1.165) is 25.1 Å². The molecular formula is C20H26N2OS. The third-order valence-corrected chi connectivity index (χ3v) is 6.13. The van der Waals surface area contributed by atoms with E-state index >= 15 is 0 Å². The molecule has 0 bridgehead atoms. The Bertz CT molecular complexity index is 709. The van der Waals surface area contributed by atoms with Crippen LogP contribution in [-0.4, -0.2) is 23.9 Å². The lowest BCUT2D eigenvalue weighted by molar-refractivity contribution is -0.117. The molecule has 128 valence electrons. The Hall–Kier alpha value is -1.65. The van der Waals surface area contributed by atoms with Gasteiger partial charge in [-0.25, -0.2) is 0 Å². The average Bonchev–Trinajstić information content (AvgIpc) is 3.06. The van der Waals surface area contributed by atoms with Crippen LogP contribution in [0.15, 0.2) is 35.7 Å². The Labute approximate surface area is 148 Å². The Morgan fingerprint density at radius 1 is 1.38 bits per heavy atom. The summed E-state index contributed by atoms with van der Waals surface area (Å²) < 4.78 is 0. The van der Waals surface area contributed by atoms with Crippen molar-refractivity contribution in [1.29, 1.82) is 0 Å². The van der Waals surface area contributed by atoms with Crippen LogP contribution in [0, 0.1) is 0 Å². The maximum Gasteiger partial charge on any atom is 0.238 e. The van der Waals surface area contributed by atoms with Crippen LogP contribution in [0.5, 0.6) is 0 Å². The molecule has 0 saturated heterocycles. The fourth-order valence-electron chi connectivity index (χ4n) is 3.41. The fourth-order valence-corrected chi connectivity index (χ4v) is 4.37. The predicted molar refractivity (Wildman–Crippen MR) is 102 cm³/mol. The Balaban J connectivity index is 1.67. The van der Waals surface area contributed by atoms with Gasteiger partial charge in [-0.3, -0.25) is 9.69 Å². The highest BCUT2D eigenvalue weighted by Gasteiger charge is 2.26. The van der Waals surface area contributed by atoms with Crippen LogP contribution < -0.4 is 5.32 Å². The zero-order valence-electron chi connectivity index (χ0n) is 14.7. The number of amides is 1. The lowest BCUT2D eigenvalue weighted by atomic mass is 9.97. The fraction of sp³-hybridized carbons (Fsp3) is 0.450. The molecule has 3 nitrogen and oxygen atoms in total. The molecule has 0 radical (unpaired) electrons. The molecule has 2 atom stereocenters. The first-order valence-electron chi connectivity index (χ1n) is 8.79. The summed E-state index contributed by atoms with van der Waals surface area (Å²) in [6.07, 6.45) is 2.12. The standard InChI is InChI=1S/C20H26N2OS/c1-4-14(2)16-7-5-6-8-18(16)21-20(23)13-22-11-9-19-17(15(22)3)10-12-24-19/h5-8,10,12,14-15H,4,9,11,13H2,1-3H3,(H,21,23). The van der Waals surface area contributed by atoms with E-state index in [-0.39, 0.29) is 5.91 Å². The second-order valence-electron chi connectivity index (χ2n) is 6.64. The van der Waals surface area contributed by atoms with Crippen LogP contribution in [0.4, 0.5) is 5.69 Å². The number of carbonyl (C=O) groups excluding carboxylic acids is 1. The number of thiophene rings is 1. The third-order valence-electron chi connectivity index (χ3n) is 5.13. The summed E-state index contributed by atoms with van der Waals surface area (Å²) in [5.41, 5.74) is 3.57. The van der Waals surface area contributed by atoms with Crippen molar-refractivity contribution in [1.82, 2.24) is 4.90 Å². The van der Waals surface area contributed by atoms with Gasteiger partial charge in [-0.2, -0.15) is 0 Å². The van der Waals surface area contributed by atoms with Gasteiger partial charge in [-0.1, -0.05) is 32.0 Å². The number of nitrogens with one attached hydrogen (secondary N) is 1. The van der Waals surface area contributed by atoms with Crippen molar-refractivity contribution in [2.24, 2.45) is 0 Å². The molecule has 2 heterocycles. The van der Waals surface area contributed by atoms with E-state index in [4.69, 9.17) is 0 Å². The lowest BCUT2D eigenvalue weighted by Gasteiger charge is -2.33. The van der Waals surface area contributed by atoms with E-state index in [1.165, 1.54) is 16.0 Å². The molecule has 1 N–H and O–H groups in total. The topological polar surface area (TPSA) is 32.3 Å². The van der Waals surface area contributed by atoms with E-state index in [0.29, 0.717) is 18.5 Å². The van der Waals surface area contributed by atoms with Crippen molar-refractivity contribution in [3.05, 3.63) is 51.7 Å². The van der Waals surface area contributed by atoms with Gasteiger partial charge in [0, 0.05) is 23.2 Å². The number of para-hydroxylation sites is 1. The third kappa shape index (κ3) is 3.55. The largest absolute Gasteiger partial charge is 0.325 e. The molecule has 1 aromatic heterocycles. The van der Waals surface area contributed by atoms with Crippen molar-refractivity contribution in [3.63, 3.8) is 0 Å². The van der Waals surface area contributed by atoms with Gasteiger partial charge < -0.3 is 5.32 Å². The van der Waals surface area contributed by atoms with Crippen LogP contribution in [0.3, 0.4) is 0 Å². The minimum absolute atomic E-state index is 0.0799. The average molecular weight is 343 g/mol. The molecule has 3 rings (SSSR count). The molecule has 2 unspecified atom stereocenters. The summed E-state index contributed by atoms with van der Waals surface area (Å²) in [4.78, 5) is 16.3. The Morgan fingerprint density at radius 3 is 2.96 bits per heavy atom. The van der Waals surface area contributed by atoms with Crippen LogP contribution in [0.1, 0.15) is 55.2 Å². The minimum Gasteiger partial charge on any atom is -0.325 e. The number of benzene rings is 1. The van der Waals surface area contributed by atoms with Gasteiger partial charge in [0.15, 0.2) is 0 Å². The molecule has 2 aromatic rings. The molecule has 0 fully saturated rings. The number of hydrogen-bond acceptors (Lipinski definition) is 3. The van der Waals surface area contributed by atoms with Gasteiger partial charge in [0.05, 0.1) is 6.54 Å². The van der Waals surface area contributed by atoms with E-state index in [9.17, 15) is 4.79 Å². The van der Waals surface area contributed by atoms with Crippen LogP contribution in [0.2, 0.25) is 0 Å². The highest BCUT2D eigenvalue weighted by molar-refractivity contribution is 7.10. The van der Waals surface area contributed by atoms with E-state index in [1.807, 2.05) is 29.5 Å². The van der Waals surface area contributed by atoms with Crippen molar-refractivity contribution in [3.8, 4) is 0 Å². The first kappa shape index (κ1) is 17.2. The molecule has 1 aliphatic rings. The lowest BCUT2D eigenvalue weighted by Crippen LogP contribution is -2.39. The van der Waals surface area contributed by atoms with Gasteiger partial charge >= 0.3 is 0 Å². The smallest absolute Gasteiger partial charge is 0.238 e. The first-order valence-corrected chi connectivity index (χ1v) is 9.67. The zero-order chi connectivity index (χ0) is 17.1. The van der Waals surface area contributed by atoms with Crippen LogP contribution in [-0.2, 0) is 11.2 Å². The minimum atomic E-state index is 0.0799. The highest BCUT2D eigenvalue weighted by atomic mass is 32.1. The summed E-state index contributed by atoms with van der Waals surface area (Å²) in [6, 6.07) is 10.7. The molecule has 1 aromatic carbocycles. The number of hydrogen-bond donors (Lipinski definition) is 1. The summed E-state index contributed by atoms with van der Waals surface area (Å²) in [7, 11) is 0. The zero-order valence-corrected chi connectivity index (χ0v) is 15.5. The molecular weight excluding hydrogens is 316 g/mol. The van der Waals surface area contributed by atoms with Crippen molar-refractivity contribution < 1.29 is 4.79 Å². The molecule has 0 saturated carbocycles. The monoisotopic (exact) mass is 342 g/mol. The summed E-state index contributed by atoms with van der Waals surface area (Å²) in [6.45, 7) is 7.98. The molecule has 4 heteroatoms. The molecule has 0 aliphatic carbocycles. The first-order chi connectivity index (χ1) is 11.6. The summed E-state index contributed by atoms with van der Waals surface area (Å²) in [5, 5.41) is 5.29. The van der Waals surface area contributed by atoms with Crippen molar-refractivity contribution in [2.75, 3.05) is 18.4 Å². The molecule has 1 aliphatic heterocycles. The Morgan fingerprint density at radius 2 is 2.17 bits per heavy atom.